The van der Waals surface area contributed by atoms with Crippen LogP contribution in [-0.4, -0.2) is 63.3 Å². The maximum absolute atomic E-state index is 12.5. The average molecular weight is 333 g/mol. The largest absolute Gasteiger partial charge is 0.377 e. The van der Waals surface area contributed by atoms with Gasteiger partial charge in [0.25, 0.3) is 0 Å². The van der Waals surface area contributed by atoms with Crippen LogP contribution >= 0.6 is 0 Å². The maximum Gasteiger partial charge on any atom is 0.224 e. The second kappa shape index (κ2) is 8.24. The van der Waals surface area contributed by atoms with Crippen LogP contribution in [0.3, 0.4) is 0 Å². The van der Waals surface area contributed by atoms with Crippen molar-refractivity contribution in [3.05, 3.63) is 0 Å². The molecule has 22 heavy (non-hydrogen) atoms. The van der Waals surface area contributed by atoms with Crippen LogP contribution in [0.1, 0.15) is 32.1 Å². The molecule has 128 valence electrons. The summed E-state index contributed by atoms with van der Waals surface area (Å²) in [6.45, 7) is 2.23. The lowest BCUT2D eigenvalue weighted by atomic mass is 9.99. The number of ether oxygens (including phenoxy) is 1. The molecule has 3 N–H and O–H groups in total. The van der Waals surface area contributed by atoms with E-state index in [-0.39, 0.29) is 30.2 Å². The topological polar surface area (TPSA) is 102 Å². The second-order valence-electron chi connectivity index (χ2n) is 6.04. The Morgan fingerprint density at radius 2 is 2.09 bits per heavy atom. The molecule has 0 radical (unpaired) electrons. The quantitative estimate of drug-likeness (QED) is 0.693. The van der Waals surface area contributed by atoms with E-state index in [1.807, 2.05) is 0 Å². The Morgan fingerprint density at radius 3 is 2.77 bits per heavy atom. The zero-order valence-corrected chi connectivity index (χ0v) is 13.8. The number of carbonyl (C=O) groups is 1. The van der Waals surface area contributed by atoms with Gasteiger partial charge in [0.15, 0.2) is 0 Å². The summed E-state index contributed by atoms with van der Waals surface area (Å²) in [6.07, 6.45) is 4.06. The fourth-order valence-electron chi connectivity index (χ4n) is 3.03. The number of sulfonamides is 1. The Balaban J connectivity index is 1.90. The van der Waals surface area contributed by atoms with Crippen molar-refractivity contribution in [3.8, 4) is 0 Å². The van der Waals surface area contributed by atoms with Crippen molar-refractivity contribution < 1.29 is 17.9 Å². The highest BCUT2D eigenvalue weighted by molar-refractivity contribution is 7.89. The van der Waals surface area contributed by atoms with E-state index < -0.39 is 10.0 Å². The zero-order valence-electron chi connectivity index (χ0n) is 13.0. The van der Waals surface area contributed by atoms with Crippen molar-refractivity contribution >= 4 is 15.9 Å². The lowest BCUT2D eigenvalue weighted by Crippen LogP contribution is -2.48. The van der Waals surface area contributed by atoms with Gasteiger partial charge in [-0.05, 0) is 32.1 Å². The molecule has 8 heteroatoms. The molecule has 2 aliphatic rings. The van der Waals surface area contributed by atoms with Gasteiger partial charge < -0.3 is 15.8 Å². The van der Waals surface area contributed by atoms with E-state index in [4.69, 9.17) is 10.5 Å². The van der Waals surface area contributed by atoms with Gasteiger partial charge in [-0.1, -0.05) is 0 Å². The standard InChI is InChI=1S/C14H27N3O4S/c15-6-7-16-14(18)12-4-3-8-17(10-12)22(19,20)11-13-5-1-2-9-21-13/h12-13H,1-11,15H2,(H,16,18). The number of nitrogens with two attached hydrogens (primary N) is 1. The smallest absolute Gasteiger partial charge is 0.224 e. The summed E-state index contributed by atoms with van der Waals surface area (Å²) in [4.78, 5) is 12.0. The van der Waals surface area contributed by atoms with Crippen molar-refractivity contribution in [1.29, 1.82) is 0 Å². The monoisotopic (exact) mass is 333 g/mol. The summed E-state index contributed by atoms with van der Waals surface area (Å²) in [5.41, 5.74) is 5.37. The number of nitrogens with one attached hydrogen (secondary N) is 1. The molecule has 2 saturated heterocycles. The van der Waals surface area contributed by atoms with Gasteiger partial charge in [-0.2, -0.15) is 0 Å². The van der Waals surface area contributed by atoms with Crippen molar-refractivity contribution in [1.82, 2.24) is 9.62 Å². The van der Waals surface area contributed by atoms with Gasteiger partial charge in [0.2, 0.25) is 15.9 Å². The van der Waals surface area contributed by atoms with Crippen molar-refractivity contribution in [2.45, 2.75) is 38.2 Å². The van der Waals surface area contributed by atoms with Crippen LogP contribution < -0.4 is 11.1 Å². The molecule has 2 fully saturated rings. The normalized spacial score (nSPS) is 27.5. The van der Waals surface area contributed by atoms with Gasteiger partial charge in [0, 0.05) is 32.8 Å². The molecule has 7 nitrogen and oxygen atoms in total. The summed E-state index contributed by atoms with van der Waals surface area (Å²) in [5.74, 6) is -0.342. The van der Waals surface area contributed by atoms with E-state index in [1.165, 1.54) is 4.31 Å². The van der Waals surface area contributed by atoms with E-state index in [2.05, 4.69) is 5.32 Å². The summed E-state index contributed by atoms with van der Waals surface area (Å²) >= 11 is 0. The van der Waals surface area contributed by atoms with Gasteiger partial charge in [-0.3, -0.25) is 4.79 Å². The van der Waals surface area contributed by atoms with E-state index >= 15 is 0 Å². The minimum absolute atomic E-state index is 0.0319. The molecule has 0 aromatic heterocycles. The predicted molar refractivity (Wildman–Crippen MR) is 83.7 cm³/mol. The van der Waals surface area contributed by atoms with Crippen LogP contribution in [0.2, 0.25) is 0 Å². The zero-order chi connectivity index (χ0) is 16.0. The Labute approximate surface area is 132 Å². The molecule has 2 unspecified atom stereocenters. The highest BCUT2D eigenvalue weighted by Gasteiger charge is 2.34. The molecular formula is C14H27N3O4S. The number of hydrogen-bond acceptors (Lipinski definition) is 5. The molecule has 2 atom stereocenters. The van der Waals surface area contributed by atoms with E-state index in [0.29, 0.717) is 32.7 Å². The molecule has 0 aliphatic carbocycles. The fourth-order valence-corrected chi connectivity index (χ4v) is 4.79. The van der Waals surface area contributed by atoms with Gasteiger partial charge in [-0.15, -0.1) is 0 Å². The summed E-state index contributed by atoms with van der Waals surface area (Å²) < 4.78 is 32.1. The average Bonchev–Trinajstić information content (AvgIpc) is 2.53. The van der Waals surface area contributed by atoms with Crippen LogP contribution in [0.25, 0.3) is 0 Å². The number of piperidine rings is 1. The summed E-state index contributed by atoms with van der Waals surface area (Å²) in [7, 11) is -3.37. The summed E-state index contributed by atoms with van der Waals surface area (Å²) in [6, 6.07) is 0. The van der Waals surface area contributed by atoms with Crippen LogP contribution in [0.5, 0.6) is 0 Å². The molecule has 0 saturated carbocycles. The third kappa shape index (κ3) is 4.91. The Kier molecular flexibility index (Phi) is 6.61. The first-order chi connectivity index (χ1) is 10.5. The molecule has 0 bridgehead atoms. The molecule has 2 aliphatic heterocycles. The Bertz CT molecular complexity index is 463. The van der Waals surface area contributed by atoms with E-state index in [1.54, 1.807) is 0 Å². The molecule has 0 aromatic carbocycles. The van der Waals surface area contributed by atoms with Gasteiger partial charge in [-0.25, -0.2) is 12.7 Å². The minimum atomic E-state index is -3.37. The highest BCUT2D eigenvalue weighted by atomic mass is 32.2. The molecule has 0 aromatic rings. The molecule has 2 heterocycles. The number of hydrogen-bond donors (Lipinski definition) is 2. The van der Waals surface area contributed by atoms with Gasteiger partial charge in [0.05, 0.1) is 17.8 Å². The second-order valence-corrected chi connectivity index (χ2v) is 8.06. The van der Waals surface area contributed by atoms with Crippen LogP contribution in [0, 0.1) is 5.92 Å². The maximum atomic E-state index is 12.5. The Hall–Kier alpha value is -0.700. The molecule has 2 rings (SSSR count). The predicted octanol–water partition coefficient (Wildman–Crippen LogP) is -0.328. The van der Waals surface area contributed by atoms with E-state index in [9.17, 15) is 13.2 Å². The lowest BCUT2D eigenvalue weighted by Gasteiger charge is -2.32. The van der Waals surface area contributed by atoms with Gasteiger partial charge >= 0.3 is 0 Å². The highest BCUT2D eigenvalue weighted by Crippen LogP contribution is 2.22. The first-order valence-electron chi connectivity index (χ1n) is 8.10. The molecular weight excluding hydrogens is 306 g/mol. The first-order valence-corrected chi connectivity index (χ1v) is 9.71. The first kappa shape index (κ1) is 17.7. The third-order valence-electron chi connectivity index (χ3n) is 4.26. The van der Waals surface area contributed by atoms with Crippen LogP contribution in [0.4, 0.5) is 0 Å². The SMILES string of the molecule is NCCNC(=O)C1CCCN(S(=O)(=O)CC2CCCCO2)C1. The number of carbonyl (C=O) groups excluding carboxylic acids is 1. The van der Waals surface area contributed by atoms with Crippen LogP contribution in [-0.2, 0) is 19.6 Å². The third-order valence-corrected chi connectivity index (χ3v) is 6.17. The van der Waals surface area contributed by atoms with Crippen molar-refractivity contribution in [2.24, 2.45) is 11.7 Å². The minimum Gasteiger partial charge on any atom is -0.377 e. The lowest BCUT2D eigenvalue weighted by molar-refractivity contribution is -0.126. The fraction of sp³-hybridized carbons (Fsp3) is 0.929. The van der Waals surface area contributed by atoms with Crippen molar-refractivity contribution in [2.75, 3.05) is 38.5 Å². The number of nitrogens with zero attached hydrogens (tertiary/aromatic N) is 1. The number of amides is 1. The molecule has 0 spiro atoms. The summed E-state index contributed by atoms with van der Waals surface area (Å²) in [5, 5.41) is 2.75. The van der Waals surface area contributed by atoms with Crippen LogP contribution in [0.15, 0.2) is 0 Å². The Morgan fingerprint density at radius 1 is 1.27 bits per heavy atom. The van der Waals surface area contributed by atoms with E-state index in [0.717, 1.165) is 25.7 Å². The molecule has 1 amide bonds. The van der Waals surface area contributed by atoms with Gasteiger partial charge in [0.1, 0.15) is 0 Å². The number of rotatable bonds is 6. The van der Waals surface area contributed by atoms with Crippen molar-refractivity contribution in [3.63, 3.8) is 0 Å².